The summed E-state index contributed by atoms with van der Waals surface area (Å²) in [6, 6.07) is 0.269. The maximum Gasteiger partial charge on any atom is 0.322 e. The number of hydrogen-bond donors (Lipinski definition) is 2. The largest absolute Gasteiger partial charge is 0.480 e. The van der Waals surface area contributed by atoms with Gasteiger partial charge >= 0.3 is 5.97 Å². The second-order valence-corrected chi connectivity index (χ2v) is 7.80. The molecular formula is C10H14ClNO4S2. The van der Waals surface area contributed by atoms with E-state index in [4.69, 9.17) is 16.7 Å². The van der Waals surface area contributed by atoms with Gasteiger partial charge in [-0.05, 0) is 24.5 Å². The fourth-order valence-electron chi connectivity index (χ4n) is 1.26. The SMILES string of the molecule is Cc1cc(S(=O)(=O)NC(C(=O)O)C(C)C)sc1Cl. The van der Waals surface area contributed by atoms with Crippen LogP contribution in [0.1, 0.15) is 19.4 Å². The van der Waals surface area contributed by atoms with E-state index in [1.54, 1.807) is 20.8 Å². The monoisotopic (exact) mass is 311 g/mol. The molecule has 0 spiro atoms. The van der Waals surface area contributed by atoms with Crippen molar-refractivity contribution in [3.05, 3.63) is 16.0 Å². The number of rotatable bonds is 5. The molecule has 1 atom stereocenters. The summed E-state index contributed by atoms with van der Waals surface area (Å²) in [7, 11) is -3.85. The van der Waals surface area contributed by atoms with Crippen molar-refractivity contribution in [2.45, 2.75) is 31.0 Å². The molecule has 0 aromatic carbocycles. The smallest absolute Gasteiger partial charge is 0.322 e. The van der Waals surface area contributed by atoms with E-state index in [-0.39, 0.29) is 10.1 Å². The van der Waals surface area contributed by atoms with Gasteiger partial charge in [0.1, 0.15) is 10.3 Å². The first-order valence-electron chi connectivity index (χ1n) is 5.16. The molecule has 1 rings (SSSR count). The maximum atomic E-state index is 12.0. The van der Waals surface area contributed by atoms with Crippen LogP contribution in [0.3, 0.4) is 0 Å². The van der Waals surface area contributed by atoms with Crippen LogP contribution in [0.15, 0.2) is 10.3 Å². The van der Waals surface area contributed by atoms with Gasteiger partial charge in [0.2, 0.25) is 0 Å². The number of thiophene rings is 1. The van der Waals surface area contributed by atoms with E-state index in [0.29, 0.717) is 9.90 Å². The number of carboxylic acid groups (broad SMARTS) is 1. The highest BCUT2D eigenvalue weighted by Crippen LogP contribution is 2.30. The Balaban J connectivity index is 3.04. The van der Waals surface area contributed by atoms with Crippen LogP contribution in [-0.2, 0) is 14.8 Å². The standard InChI is InChI=1S/C10H14ClNO4S2/c1-5(2)8(10(13)14)12-18(15,16)7-4-6(3)9(11)17-7/h4-5,8,12H,1-3H3,(H,13,14). The Bertz CT molecular complexity index is 531. The predicted octanol–water partition coefficient (Wildman–Crippen LogP) is 2.10. The predicted molar refractivity (Wildman–Crippen MR) is 70.6 cm³/mol. The van der Waals surface area contributed by atoms with Crippen LogP contribution in [-0.4, -0.2) is 25.5 Å². The summed E-state index contributed by atoms with van der Waals surface area (Å²) in [6.07, 6.45) is 0. The summed E-state index contributed by atoms with van der Waals surface area (Å²) in [5.74, 6) is -1.55. The van der Waals surface area contributed by atoms with Crippen molar-refractivity contribution in [1.82, 2.24) is 4.72 Å². The lowest BCUT2D eigenvalue weighted by Crippen LogP contribution is -2.43. The second-order valence-electron chi connectivity index (χ2n) is 4.20. The van der Waals surface area contributed by atoms with Crippen LogP contribution in [0.5, 0.6) is 0 Å². The minimum Gasteiger partial charge on any atom is -0.480 e. The summed E-state index contributed by atoms with van der Waals surface area (Å²) < 4.78 is 26.6. The molecule has 1 unspecified atom stereocenters. The molecule has 18 heavy (non-hydrogen) atoms. The van der Waals surface area contributed by atoms with Crippen molar-refractivity contribution in [2.24, 2.45) is 5.92 Å². The molecule has 0 saturated carbocycles. The lowest BCUT2D eigenvalue weighted by Gasteiger charge is -2.17. The lowest BCUT2D eigenvalue weighted by molar-refractivity contribution is -0.140. The zero-order valence-electron chi connectivity index (χ0n) is 10.1. The highest BCUT2D eigenvalue weighted by atomic mass is 35.5. The average Bonchev–Trinajstić information content (AvgIpc) is 2.56. The van der Waals surface area contributed by atoms with E-state index in [2.05, 4.69) is 4.72 Å². The number of aryl methyl sites for hydroxylation is 1. The first-order chi connectivity index (χ1) is 8.15. The van der Waals surface area contributed by atoms with Gasteiger partial charge in [0.05, 0.1) is 4.34 Å². The molecule has 0 saturated heterocycles. The normalized spacial score (nSPS) is 13.8. The summed E-state index contributed by atoms with van der Waals surface area (Å²) in [6.45, 7) is 4.96. The molecule has 0 aliphatic carbocycles. The number of nitrogens with one attached hydrogen (secondary N) is 1. The fourth-order valence-corrected chi connectivity index (χ4v) is 4.32. The van der Waals surface area contributed by atoms with Gasteiger partial charge in [0.25, 0.3) is 10.0 Å². The molecule has 8 heteroatoms. The molecule has 1 heterocycles. The molecular weight excluding hydrogens is 298 g/mol. The quantitative estimate of drug-likeness (QED) is 0.872. The molecule has 0 amide bonds. The minimum absolute atomic E-state index is 0.0249. The number of aliphatic carboxylic acids is 1. The number of carboxylic acids is 1. The van der Waals surface area contributed by atoms with Gasteiger partial charge in [-0.15, -0.1) is 11.3 Å². The summed E-state index contributed by atoms with van der Waals surface area (Å²) in [4.78, 5) is 11.0. The summed E-state index contributed by atoms with van der Waals surface area (Å²) in [5, 5.41) is 8.96. The maximum absolute atomic E-state index is 12.0. The molecule has 1 aromatic heterocycles. The van der Waals surface area contributed by atoms with Gasteiger partial charge in [-0.1, -0.05) is 25.4 Å². The first-order valence-corrected chi connectivity index (χ1v) is 7.84. The van der Waals surface area contributed by atoms with Crippen LogP contribution in [0, 0.1) is 12.8 Å². The third kappa shape index (κ3) is 3.44. The Labute approximate surface area is 115 Å². The van der Waals surface area contributed by atoms with Crippen LogP contribution in [0.4, 0.5) is 0 Å². The molecule has 0 aliphatic heterocycles. The van der Waals surface area contributed by atoms with Crippen LogP contribution < -0.4 is 4.72 Å². The molecule has 0 radical (unpaired) electrons. The van der Waals surface area contributed by atoms with Gasteiger partial charge < -0.3 is 5.11 Å². The number of sulfonamides is 1. The summed E-state index contributed by atoms with van der Waals surface area (Å²) >= 11 is 6.72. The molecule has 1 aromatic rings. The molecule has 0 fully saturated rings. The third-order valence-electron chi connectivity index (χ3n) is 2.31. The van der Waals surface area contributed by atoms with Crippen molar-refractivity contribution in [3.63, 3.8) is 0 Å². The topological polar surface area (TPSA) is 83.5 Å². The van der Waals surface area contributed by atoms with Crippen molar-refractivity contribution >= 4 is 38.9 Å². The highest BCUT2D eigenvalue weighted by Gasteiger charge is 2.29. The number of hydrogen-bond acceptors (Lipinski definition) is 4. The molecule has 0 bridgehead atoms. The van der Waals surface area contributed by atoms with E-state index >= 15 is 0 Å². The molecule has 2 N–H and O–H groups in total. The Morgan fingerprint density at radius 3 is 2.39 bits per heavy atom. The summed E-state index contributed by atoms with van der Waals surface area (Å²) in [5.41, 5.74) is 0.651. The van der Waals surface area contributed by atoms with Crippen LogP contribution >= 0.6 is 22.9 Å². The van der Waals surface area contributed by atoms with E-state index < -0.39 is 22.0 Å². The van der Waals surface area contributed by atoms with E-state index in [9.17, 15) is 13.2 Å². The average molecular weight is 312 g/mol. The Kier molecular flexibility index (Phi) is 4.77. The molecule has 5 nitrogen and oxygen atoms in total. The van der Waals surface area contributed by atoms with Gasteiger partial charge in [0.15, 0.2) is 0 Å². The lowest BCUT2D eigenvalue weighted by atomic mass is 10.1. The van der Waals surface area contributed by atoms with Crippen LogP contribution in [0.25, 0.3) is 0 Å². The van der Waals surface area contributed by atoms with Crippen LogP contribution in [0.2, 0.25) is 4.34 Å². The Hall–Kier alpha value is -0.630. The van der Waals surface area contributed by atoms with Gasteiger partial charge in [-0.3, -0.25) is 4.79 Å². The van der Waals surface area contributed by atoms with Crippen molar-refractivity contribution in [3.8, 4) is 0 Å². The Morgan fingerprint density at radius 2 is 2.06 bits per heavy atom. The van der Waals surface area contributed by atoms with E-state index in [1.165, 1.54) is 6.07 Å². The van der Waals surface area contributed by atoms with E-state index in [0.717, 1.165) is 11.3 Å². The molecule has 102 valence electrons. The molecule has 0 aliphatic rings. The van der Waals surface area contributed by atoms with Crippen molar-refractivity contribution in [1.29, 1.82) is 0 Å². The fraction of sp³-hybridized carbons (Fsp3) is 0.500. The highest BCUT2D eigenvalue weighted by molar-refractivity contribution is 7.91. The van der Waals surface area contributed by atoms with Crippen molar-refractivity contribution in [2.75, 3.05) is 0 Å². The number of halogens is 1. The Morgan fingerprint density at radius 1 is 1.50 bits per heavy atom. The number of carbonyl (C=O) groups is 1. The van der Waals surface area contributed by atoms with E-state index in [1.807, 2.05) is 0 Å². The van der Waals surface area contributed by atoms with Gasteiger partial charge in [-0.25, -0.2) is 8.42 Å². The van der Waals surface area contributed by atoms with Gasteiger partial charge in [0, 0.05) is 0 Å². The third-order valence-corrected chi connectivity index (χ3v) is 5.78. The first kappa shape index (κ1) is 15.4. The second kappa shape index (κ2) is 5.56. The van der Waals surface area contributed by atoms with Gasteiger partial charge in [-0.2, -0.15) is 4.72 Å². The zero-order valence-corrected chi connectivity index (χ0v) is 12.5. The van der Waals surface area contributed by atoms with Crippen molar-refractivity contribution < 1.29 is 18.3 Å². The zero-order chi connectivity index (χ0) is 14.1. The minimum atomic E-state index is -3.85.